The summed E-state index contributed by atoms with van der Waals surface area (Å²) in [5, 5.41) is 2.86. The highest BCUT2D eigenvalue weighted by Crippen LogP contribution is 2.37. The molecule has 0 bridgehead atoms. The molecule has 0 aliphatic heterocycles. The van der Waals surface area contributed by atoms with Crippen molar-refractivity contribution in [2.75, 3.05) is 14.2 Å². The van der Waals surface area contributed by atoms with Crippen LogP contribution in [0.4, 0.5) is 8.78 Å². The Labute approximate surface area is 94.5 Å². The lowest BCUT2D eigenvalue weighted by atomic mass is 9.83. The van der Waals surface area contributed by atoms with E-state index in [-0.39, 0.29) is 30.8 Å². The maximum absolute atomic E-state index is 12.9. The average Bonchev–Trinajstić information content (AvgIpc) is 2.27. The summed E-state index contributed by atoms with van der Waals surface area (Å²) in [5.74, 6) is -2.63. The Balaban J connectivity index is 2.40. The van der Waals surface area contributed by atoms with E-state index in [2.05, 4.69) is 10.1 Å². The number of likely N-dealkylation sites (N-methyl/N-ethyl adjacent to an activating group) is 1. The van der Waals surface area contributed by atoms with E-state index in [0.29, 0.717) is 19.3 Å². The fourth-order valence-electron chi connectivity index (χ4n) is 2.14. The van der Waals surface area contributed by atoms with Crippen LogP contribution in [0.15, 0.2) is 0 Å². The Kier molecular flexibility index (Phi) is 4.65. The van der Waals surface area contributed by atoms with Gasteiger partial charge in [-0.05, 0) is 32.2 Å². The Bertz CT molecular complexity index is 236. The van der Waals surface area contributed by atoms with Crippen LogP contribution in [0.1, 0.15) is 32.1 Å². The van der Waals surface area contributed by atoms with Gasteiger partial charge >= 0.3 is 5.97 Å². The number of rotatable bonds is 4. The second-order valence-electron chi connectivity index (χ2n) is 4.40. The van der Waals surface area contributed by atoms with Gasteiger partial charge in [0, 0.05) is 12.8 Å². The molecule has 1 aliphatic rings. The zero-order chi connectivity index (χ0) is 12.2. The molecule has 0 amide bonds. The van der Waals surface area contributed by atoms with Crippen LogP contribution in [-0.4, -0.2) is 32.1 Å². The first-order valence-electron chi connectivity index (χ1n) is 5.61. The number of carbonyl (C=O) groups excluding carboxylic acids is 1. The monoisotopic (exact) mass is 235 g/mol. The molecule has 0 aromatic carbocycles. The van der Waals surface area contributed by atoms with E-state index in [1.807, 2.05) is 0 Å². The second kappa shape index (κ2) is 5.57. The molecule has 1 atom stereocenters. The first-order chi connectivity index (χ1) is 7.48. The molecule has 0 radical (unpaired) electrons. The minimum Gasteiger partial charge on any atom is -0.468 e. The third kappa shape index (κ3) is 3.70. The number of methoxy groups -OCH3 is 1. The van der Waals surface area contributed by atoms with Gasteiger partial charge in [-0.25, -0.2) is 8.78 Å². The molecule has 1 saturated carbocycles. The zero-order valence-corrected chi connectivity index (χ0v) is 9.76. The molecule has 1 fully saturated rings. The smallest absolute Gasteiger partial charge is 0.322 e. The van der Waals surface area contributed by atoms with Crippen molar-refractivity contribution in [1.82, 2.24) is 5.32 Å². The van der Waals surface area contributed by atoms with Gasteiger partial charge in [0.1, 0.15) is 6.04 Å². The lowest BCUT2D eigenvalue weighted by Gasteiger charge is -2.29. The van der Waals surface area contributed by atoms with Crippen molar-refractivity contribution in [2.24, 2.45) is 5.92 Å². The van der Waals surface area contributed by atoms with Gasteiger partial charge in [0.05, 0.1) is 7.11 Å². The number of hydrogen-bond acceptors (Lipinski definition) is 3. The Hall–Kier alpha value is -0.710. The molecule has 0 heterocycles. The maximum Gasteiger partial charge on any atom is 0.322 e. The minimum atomic E-state index is -2.50. The summed E-state index contributed by atoms with van der Waals surface area (Å²) in [6.07, 6.45) is 1.44. The third-order valence-electron chi connectivity index (χ3n) is 3.24. The number of halogens is 2. The zero-order valence-electron chi connectivity index (χ0n) is 9.76. The van der Waals surface area contributed by atoms with E-state index in [4.69, 9.17) is 0 Å². The highest BCUT2D eigenvalue weighted by atomic mass is 19.3. The van der Waals surface area contributed by atoms with Crippen LogP contribution >= 0.6 is 0 Å². The third-order valence-corrected chi connectivity index (χ3v) is 3.24. The SMILES string of the molecule is CNC(CC1CCC(F)(F)CC1)C(=O)OC. The summed E-state index contributed by atoms with van der Waals surface area (Å²) in [4.78, 5) is 11.3. The number of esters is 1. The molecule has 3 nitrogen and oxygen atoms in total. The highest BCUT2D eigenvalue weighted by molar-refractivity contribution is 5.75. The Morgan fingerprint density at radius 1 is 1.50 bits per heavy atom. The number of carbonyl (C=O) groups is 1. The summed E-state index contributed by atoms with van der Waals surface area (Å²) in [6.45, 7) is 0. The van der Waals surface area contributed by atoms with Crippen LogP contribution in [0.5, 0.6) is 0 Å². The Morgan fingerprint density at radius 2 is 2.06 bits per heavy atom. The molecular formula is C11H19F2NO2. The fraction of sp³-hybridized carbons (Fsp3) is 0.909. The van der Waals surface area contributed by atoms with Gasteiger partial charge in [0.25, 0.3) is 0 Å². The average molecular weight is 235 g/mol. The number of nitrogens with one attached hydrogen (secondary N) is 1. The van der Waals surface area contributed by atoms with Gasteiger partial charge < -0.3 is 10.1 Å². The molecule has 0 aromatic rings. The van der Waals surface area contributed by atoms with Crippen molar-refractivity contribution in [3.8, 4) is 0 Å². The lowest BCUT2D eigenvalue weighted by molar-refractivity contribution is -0.143. The van der Waals surface area contributed by atoms with Gasteiger partial charge in [-0.15, -0.1) is 0 Å². The first kappa shape index (κ1) is 13.4. The van der Waals surface area contributed by atoms with Gasteiger partial charge in [0.2, 0.25) is 5.92 Å². The summed E-state index contributed by atoms with van der Waals surface area (Å²) < 4.78 is 30.5. The molecule has 0 spiro atoms. The van der Waals surface area contributed by atoms with E-state index in [1.165, 1.54) is 7.11 Å². The van der Waals surface area contributed by atoms with Gasteiger partial charge in [0.15, 0.2) is 0 Å². The molecule has 1 rings (SSSR count). The maximum atomic E-state index is 12.9. The second-order valence-corrected chi connectivity index (χ2v) is 4.40. The van der Waals surface area contributed by atoms with Gasteiger partial charge in [-0.2, -0.15) is 0 Å². The molecule has 1 aliphatic carbocycles. The van der Waals surface area contributed by atoms with Crippen molar-refractivity contribution < 1.29 is 18.3 Å². The minimum absolute atomic E-state index is 0.0602. The molecule has 0 aromatic heterocycles. The van der Waals surface area contributed by atoms with E-state index in [9.17, 15) is 13.6 Å². The predicted octanol–water partition coefficient (Wildman–Crippen LogP) is 1.96. The van der Waals surface area contributed by atoms with E-state index in [1.54, 1.807) is 7.05 Å². The molecule has 5 heteroatoms. The summed E-state index contributed by atoms with van der Waals surface area (Å²) in [5.41, 5.74) is 0. The summed E-state index contributed by atoms with van der Waals surface area (Å²) >= 11 is 0. The van der Waals surface area contributed by atoms with Crippen LogP contribution in [-0.2, 0) is 9.53 Å². The van der Waals surface area contributed by atoms with Gasteiger partial charge in [-0.1, -0.05) is 0 Å². The molecule has 1 N–H and O–H groups in total. The molecule has 16 heavy (non-hydrogen) atoms. The lowest BCUT2D eigenvalue weighted by Crippen LogP contribution is -2.38. The van der Waals surface area contributed by atoms with E-state index >= 15 is 0 Å². The first-order valence-corrected chi connectivity index (χ1v) is 5.61. The number of ether oxygens (including phenoxy) is 1. The van der Waals surface area contributed by atoms with Crippen molar-refractivity contribution in [3.63, 3.8) is 0 Å². The fourth-order valence-corrected chi connectivity index (χ4v) is 2.14. The predicted molar refractivity (Wildman–Crippen MR) is 56.4 cm³/mol. The van der Waals surface area contributed by atoms with Crippen LogP contribution in [0.3, 0.4) is 0 Å². The van der Waals surface area contributed by atoms with Crippen LogP contribution in [0.25, 0.3) is 0 Å². The molecule has 0 saturated heterocycles. The topological polar surface area (TPSA) is 38.3 Å². The normalized spacial score (nSPS) is 22.8. The van der Waals surface area contributed by atoms with E-state index in [0.717, 1.165) is 0 Å². The number of alkyl halides is 2. The highest BCUT2D eigenvalue weighted by Gasteiger charge is 2.36. The van der Waals surface area contributed by atoms with Gasteiger partial charge in [-0.3, -0.25) is 4.79 Å². The van der Waals surface area contributed by atoms with Crippen LogP contribution < -0.4 is 5.32 Å². The van der Waals surface area contributed by atoms with Crippen molar-refractivity contribution >= 4 is 5.97 Å². The summed E-state index contributed by atoms with van der Waals surface area (Å²) in [7, 11) is 3.01. The van der Waals surface area contributed by atoms with Crippen LogP contribution in [0.2, 0.25) is 0 Å². The molecular weight excluding hydrogens is 216 g/mol. The van der Waals surface area contributed by atoms with Crippen molar-refractivity contribution in [3.05, 3.63) is 0 Å². The number of hydrogen-bond donors (Lipinski definition) is 1. The van der Waals surface area contributed by atoms with E-state index < -0.39 is 5.92 Å². The van der Waals surface area contributed by atoms with Crippen LogP contribution in [0, 0.1) is 5.92 Å². The molecule has 94 valence electrons. The van der Waals surface area contributed by atoms with Crippen molar-refractivity contribution in [2.45, 2.75) is 44.1 Å². The quantitative estimate of drug-likeness (QED) is 0.757. The standard InChI is InChI=1S/C11H19F2NO2/c1-14-9(10(15)16-2)7-8-3-5-11(12,13)6-4-8/h8-9,14H,3-7H2,1-2H3. The molecule has 1 unspecified atom stereocenters. The largest absolute Gasteiger partial charge is 0.468 e. The summed E-state index contributed by atoms with van der Waals surface area (Å²) in [6, 6.07) is -0.373. The van der Waals surface area contributed by atoms with Crippen molar-refractivity contribution in [1.29, 1.82) is 0 Å². The Morgan fingerprint density at radius 3 is 2.50 bits per heavy atom.